The second-order valence-corrected chi connectivity index (χ2v) is 7.38. The summed E-state index contributed by atoms with van der Waals surface area (Å²) in [4.78, 5) is 42.9. The molecule has 0 atom stereocenters. The van der Waals surface area contributed by atoms with Crippen LogP contribution in [0.25, 0.3) is 22.1 Å². The number of H-pyrrole nitrogens is 1. The smallest absolute Gasteiger partial charge is 0.328 e. The topological polar surface area (TPSA) is 128 Å². The maximum absolute atomic E-state index is 12.4. The summed E-state index contributed by atoms with van der Waals surface area (Å²) >= 11 is 1.19. The molecule has 0 aliphatic rings. The van der Waals surface area contributed by atoms with Gasteiger partial charge in [0.2, 0.25) is 5.91 Å². The molecule has 0 radical (unpaired) electrons. The minimum absolute atomic E-state index is 0.0166. The molecule has 2 aromatic heterocycles. The number of para-hydroxylation sites is 2. The van der Waals surface area contributed by atoms with E-state index < -0.39 is 10.8 Å². The van der Waals surface area contributed by atoms with E-state index in [2.05, 4.69) is 15.3 Å². The fourth-order valence-corrected chi connectivity index (χ4v) is 3.79. The number of benzene rings is 2. The molecule has 0 bridgehead atoms. The number of carbonyl (C=O) groups excluding carboxylic acids is 1. The van der Waals surface area contributed by atoms with Crippen LogP contribution >= 0.6 is 11.8 Å². The molecule has 0 spiro atoms. The molecule has 0 unspecified atom stereocenters. The van der Waals surface area contributed by atoms with E-state index in [-0.39, 0.29) is 22.8 Å². The second kappa shape index (κ2) is 7.09. The van der Waals surface area contributed by atoms with Crippen LogP contribution in [0.5, 0.6) is 0 Å². The van der Waals surface area contributed by atoms with E-state index in [0.29, 0.717) is 16.2 Å². The Morgan fingerprint density at radius 3 is 2.62 bits per heavy atom. The van der Waals surface area contributed by atoms with Gasteiger partial charge in [0.1, 0.15) is 5.69 Å². The number of hydrogen-bond donors (Lipinski definition) is 2. The SMILES string of the molecule is Cn1c(=O)n(C)c2cc([N+](=O)[O-])c(NC(=O)CSc3nc4ccccc4[nH]3)cc21. The monoisotopic (exact) mass is 412 g/mol. The molecule has 148 valence electrons. The van der Waals surface area contributed by atoms with Gasteiger partial charge in [-0.1, -0.05) is 23.9 Å². The van der Waals surface area contributed by atoms with Crippen molar-refractivity contribution in [2.24, 2.45) is 14.1 Å². The molecule has 0 fully saturated rings. The number of nitrogens with one attached hydrogen (secondary N) is 2. The van der Waals surface area contributed by atoms with Gasteiger partial charge in [-0.05, 0) is 18.2 Å². The average molecular weight is 412 g/mol. The van der Waals surface area contributed by atoms with Gasteiger partial charge in [-0.25, -0.2) is 9.78 Å². The Morgan fingerprint density at radius 1 is 1.24 bits per heavy atom. The third-order valence-corrected chi connectivity index (χ3v) is 5.44. The molecule has 0 saturated carbocycles. The molecule has 0 saturated heterocycles. The number of fused-ring (bicyclic) bond motifs is 2. The van der Waals surface area contributed by atoms with Gasteiger partial charge < -0.3 is 10.3 Å². The fraction of sp³-hybridized carbons (Fsp3) is 0.167. The number of nitro groups is 1. The summed E-state index contributed by atoms with van der Waals surface area (Å²) in [6.45, 7) is 0. The molecule has 2 N–H and O–H groups in total. The van der Waals surface area contributed by atoms with Crippen LogP contribution in [-0.2, 0) is 18.9 Å². The lowest BCUT2D eigenvalue weighted by atomic mass is 10.2. The number of aromatic nitrogens is 4. The molecule has 2 aromatic carbocycles. The van der Waals surface area contributed by atoms with Gasteiger partial charge >= 0.3 is 5.69 Å². The summed E-state index contributed by atoms with van der Waals surface area (Å²) in [6, 6.07) is 10.2. The van der Waals surface area contributed by atoms with Gasteiger partial charge in [0.15, 0.2) is 5.16 Å². The van der Waals surface area contributed by atoms with Crippen LogP contribution < -0.4 is 11.0 Å². The van der Waals surface area contributed by atoms with Crippen LogP contribution in [0, 0.1) is 10.1 Å². The highest BCUT2D eigenvalue weighted by molar-refractivity contribution is 7.99. The van der Waals surface area contributed by atoms with E-state index in [1.165, 1.54) is 40.1 Å². The summed E-state index contributed by atoms with van der Waals surface area (Å²) < 4.78 is 2.70. The van der Waals surface area contributed by atoms with E-state index >= 15 is 0 Å². The largest absolute Gasteiger partial charge is 0.333 e. The van der Waals surface area contributed by atoms with E-state index in [1.54, 1.807) is 7.05 Å². The van der Waals surface area contributed by atoms with Crippen molar-refractivity contribution in [1.82, 2.24) is 19.1 Å². The summed E-state index contributed by atoms with van der Waals surface area (Å²) in [7, 11) is 3.11. The highest BCUT2D eigenvalue weighted by Gasteiger charge is 2.21. The highest BCUT2D eigenvalue weighted by Crippen LogP contribution is 2.30. The van der Waals surface area contributed by atoms with Crippen LogP contribution in [0.3, 0.4) is 0 Å². The molecule has 0 aliphatic heterocycles. The van der Waals surface area contributed by atoms with Crippen LogP contribution in [0.4, 0.5) is 11.4 Å². The summed E-state index contributed by atoms with van der Waals surface area (Å²) in [6.07, 6.45) is 0. The maximum Gasteiger partial charge on any atom is 0.328 e. The van der Waals surface area contributed by atoms with E-state index in [1.807, 2.05) is 24.3 Å². The Labute approximate surface area is 167 Å². The lowest BCUT2D eigenvalue weighted by Crippen LogP contribution is -2.19. The van der Waals surface area contributed by atoms with Crippen molar-refractivity contribution in [2.45, 2.75) is 5.16 Å². The first kappa shape index (κ1) is 18.7. The summed E-state index contributed by atoms with van der Waals surface area (Å²) in [5.41, 5.74) is 2.02. The Kier molecular flexibility index (Phi) is 4.59. The van der Waals surface area contributed by atoms with Gasteiger partial charge in [0, 0.05) is 20.2 Å². The minimum atomic E-state index is -0.584. The Hall–Kier alpha value is -3.60. The number of amides is 1. The fourth-order valence-electron chi connectivity index (χ4n) is 3.10. The third kappa shape index (κ3) is 3.36. The standard InChI is InChI=1S/C18H16N6O4S/c1-22-14-7-12(13(24(27)28)8-15(14)23(2)18(22)26)19-16(25)9-29-17-20-10-5-3-4-6-11(10)21-17/h3-8H,9H2,1-2H3,(H,19,25)(H,20,21). The number of nitrogens with zero attached hydrogens (tertiary/aromatic N) is 4. The van der Waals surface area contributed by atoms with Crippen molar-refractivity contribution >= 4 is 51.1 Å². The number of carbonyl (C=O) groups is 1. The number of aryl methyl sites for hydroxylation is 2. The maximum atomic E-state index is 12.4. The molecule has 2 heterocycles. The zero-order valence-corrected chi connectivity index (χ0v) is 16.3. The molecule has 0 aliphatic carbocycles. The van der Waals surface area contributed by atoms with Gasteiger partial charge in [0.05, 0.1) is 32.7 Å². The molecule has 29 heavy (non-hydrogen) atoms. The number of anilines is 1. The molecule has 11 heteroatoms. The number of hydrogen-bond acceptors (Lipinski definition) is 6. The van der Waals surface area contributed by atoms with Crippen molar-refractivity contribution < 1.29 is 9.72 Å². The predicted molar refractivity (Wildman–Crippen MR) is 110 cm³/mol. The van der Waals surface area contributed by atoms with Crippen molar-refractivity contribution in [1.29, 1.82) is 0 Å². The van der Waals surface area contributed by atoms with Gasteiger partial charge in [-0.3, -0.25) is 24.0 Å². The average Bonchev–Trinajstić information content (AvgIpc) is 3.21. The van der Waals surface area contributed by atoms with E-state index in [0.717, 1.165) is 11.0 Å². The second-order valence-electron chi connectivity index (χ2n) is 6.41. The minimum Gasteiger partial charge on any atom is -0.333 e. The Morgan fingerprint density at radius 2 is 1.93 bits per heavy atom. The number of imidazole rings is 2. The normalized spacial score (nSPS) is 11.2. The van der Waals surface area contributed by atoms with Crippen molar-refractivity contribution in [3.63, 3.8) is 0 Å². The van der Waals surface area contributed by atoms with Crippen LogP contribution in [0.1, 0.15) is 0 Å². The van der Waals surface area contributed by atoms with Crippen LogP contribution in [-0.4, -0.2) is 35.7 Å². The number of aromatic amines is 1. The number of thioether (sulfide) groups is 1. The zero-order valence-electron chi connectivity index (χ0n) is 15.5. The molecule has 4 rings (SSSR count). The molecular formula is C18H16N6O4S. The van der Waals surface area contributed by atoms with Crippen molar-refractivity contribution in [3.8, 4) is 0 Å². The van der Waals surface area contributed by atoms with Gasteiger partial charge in [-0.2, -0.15) is 0 Å². The molecule has 4 aromatic rings. The lowest BCUT2D eigenvalue weighted by molar-refractivity contribution is -0.383. The van der Waals surface area contributed by atoms with Gasteiger partial charge in [-0.15, -0.1) is 0 Å². The zero-order chi connectivity index (χ0) is 20.7. The number of rotatable bonds is 5. The first-order valence-electron chi connectivity index (χ1n) is 8.56. The van der Waals surface area contributed by atoms with Crippen LogP contribution in [0.15, 0.2) is 46.3 Å². The summed E-state index contributed by atoms with van der Waals surface area (Å²) in [5.74, 6) is -0.401. The third-order valence-electron chi connectivity index (χ3n) is 4.57. The predicted octanol–water partition coefficient (Wildman–Crippen LogP) is 2.39. The van der Waals surface area contributed by atoms with Crippen LogP contribution in [0.2, 0.25) is 0 Å². The highest BCUT2D eigenvalue weighted by atomic mass is 32.2. The van der Waals surface area contributed by atoms with E-state index in [4.69, 9.17) is 0 Å². The van der Waals surface area contributed by atoms with Gasteiger partial charge in [0.25, 0.3) is 5.69 Å². The Bertz CT molecular complexity index is 1300. The quantitative estimate of drug-likeness (QED) is 0.294. The van der Waals surface area contributed by atoms with Crippen molar-refractivity contribution in [3.05, 3.63) is 57.0 Å². The lowest BCUT2D eigenvalue weighted by Gasteiger charge is -2.07. The van der Waals surface area contributed by atoms with E-state index in [9.17, 15) is 19.7 Å². The molecule has 10 nitrogen and oxygen atoms in total. The Balaban J connectivity index is 1.58. The summed E-state index contributed by atoms with van der Waals surface area (Å²) in [5, 5.41) is 14.6. The first-order chi connectivity index (χ1) is 13.8. The number of nitro benzene ring substituents is 1. The molecule has 1 amide bonds. The molecular weight excluding hydrogens is 396 g/mol. The van der Waals surface area contributed by atoms with Crippen molar-refractivity contribution in [2.75, 3.05) is 11.1 Å². The first-order valence-corrected chi connectivity index (χ1v) is 9.55.